The summed E-state index contributed by atoms with van der Waals surface area (Å²) in [4.78, 5) is 11.3. The van der Waals surface area contributed by atoms with Crippen molar-refractivity contribution in [2.75, 3.05) is 13.1 Å². The fourth-order valence-electron chi connectivity index (χ4n) is 2.47. The van der Waals surface area contributed by atoms with Crippen LogP contribution >= 0.6 is 0 Å². The molecule has 1 amide bonds. The van der Waals surface area contributed by atoms with E-state index in [4.69, 9.17) is 11.5 Å². The maximum Gasteiger partial charge on any atom is 0.248 e. The minimum absolute atomic E-state index is 0.0918. The van der Waals surface area contributed by atoms with Gasteiger partial charge >= 0.3 is 0 Å². The molecule has 1 unspecified atom stereocenters. The predicted octanol–water partition coefficient (Wildman–Crippen LogP) is 0.287. The molecule has 2 rings (SSSR count). The Balaban J connectivity index is 2.38. The number of amides is 1. The molecule has 20 heavy (non-hydrogen) atoms. The second kappa shape index (κ2) is 5.90. The molecule has 1 aromatic carbocycles. The fourth-order valence-corrected chi connectivity index (χ4v) is 4.22. The van der Waals surface area contributed by atoms with Crippen molar-refractivity contribution in [2.24, 2.45) is 11.5 Å². The molecule has 1 aliphatic rings. The molecule has 0 spiro atoms. The average molecular weight is 297 g/mol. The van der Waals surface area contributed by atoms with Gasteiger partial charge in [0.2, 0.25) is 15.9 Å². The Kier molecular flexibility index (Phi) is 4.42. The summed E-state index contributed by atoms with van der Waals surface area (Å²) in [7, 11) is -3.63. The smallest absolute Gasteiger partial charge is 0.248 e. The molecule has 110 valence electrons. The molecule has 0 aromatic heterocycles. The number of nitrogens with two attached hydrogens (primary N) is 2. The summed E-state index contributed by atoms with van der Waals surface area (Å²) in [6, 6.07) is 5.64. The van der Waals surface area contributed by atoms with Crippen LogP contribution in [0.25, 0.3) is 0 Å². The first-order chi connectivity index (χ1) is 9.46. The quantitative estimate of drug-likeness (QED) is 0.832. The number of sulfonamides is 1. The van der Waals surface area contributed by atoms with E-state index < -0.39 is 15.9 Å². The van der Waals surface area contributed by atoms with E-state index in [0.717, 1.165) is 19.3 Å². The lowest BCUT2D eigenvalue weighted by Gasteiger charge is -2.33. The predicted molar refractivity (Wildman–Crippen MR) is 75.5 cm³/mol. The van der Waals surface area contributed by atoms with Gasteiger partial charge in [-0.05, 0) is 31.0 Å². The van der Waals surface area contributed by atoms with Crippen LogP contribution in [0.2, 0.25) is 0 Å². The van der Waals surface area contributed by atoms with Gasteiger partial charge in [0.15, 0.2) is 0 Å². The number of piperidine rings is 1. The Morgan fingerprint density at radius 2 is 2.10 bits per heavy atom. The molecule has 1 atom stereocenters. The minimum Gasteiger partial charge on any atom is -0.366 e. The molecule has 7 heteroatoms. The molecule has 0 bridgehead atoms. The van der Waals surface area contributed by atoms with Crippen LogP contribution in [0, 0.1) is 0 Å². The summed E-state index contributed by atoms with van der Waals surface area (Å²) in [5.41, 5.74) is 11.0. The van der Waals surface area contributed by atoms with Crippen LogP contribution < -0.4 is 11.5 Å². The molecule has 1 aromatic rings. The van der Waals surface area contributed by atoms with Crippen molar-refractivity contribution in [3.05, 3.63) is 29.8 Å². The third-order valence-electron chi connectivity index (χ3n) is 3.57. The van der Waals surface area contributed by atoms with Gasteiger partial charge in [0.1, 0.15) is 0 Å². The van der Waals surface area contributed by atoms with Gasteiger partial charge < -0.3 is 11.5 Å². The highest BCUT2D eigenvalue weighted by Gasteiger charge is 2.32. The van der Waals surface area contributed by atoms with Crippen molar-refractivity contribution in [3.8, 4) is 0 Å². The molecule has 1 saturated heterocycles. The number of primary amides is 1. The molecular weight excluding hydrogens is 278 g/mol. The van der Waals surface area contributed by atoms with Gasteiger partial charge in [-0.25, -0.2) is 8.42 Å². The van der Waals surface area contributed by atoms with Crippen molar-refractivity contribution >= 4 is 15.9 Å². The van der Waals surface area contributed by atoms with E-state index in [1.54, 1.807) is 0 Å². The summed E-state index contributed by atoms with van der Waals surface area (Å²) in [6.45, 7) is 0.764. The number of rotatable bonds is 4. The third kappa shape index (κ3) is 2.84. The van der Waals surface area contributed by atoms with Crippen LogP contribution in [-0.4, -0.2) is 37.8 Å². The molecule has 1 fully saturated rings. The van der Waals surface area contributed by atoms with E-state index in [-0.39, 0.29) is 16.5 Å². The van der Waals surface area contributed by atoms with Crippen molar-refractivity contribution in [2.45, 2.75) is 30.2 Å². The monoisotopic (exact) mass is 297 g/mol. The zero-order valence-corrected chi connectivity index (χ0v) is 12.0. The second-order valence-corrected chi connectivity index (χ2v) is 6.78. The van der Waals surface area contributed by atoms with Crippen molar-refractivity contribution < 1.29 is 13.2 Å². The normalized spacial score (nSPS) is 20.8. The molecule has 1 aliphatic heterocycles. The second-order valence-electron chi connectivity index (χ2n) is 4.89. The Labute approximate surface area is 118 Å². The van der Waals surface area contributed by atoms with Crippen LogP contribution in [-0.2, 0) is 10.0 Å². The maximum absolute atomic E-state index is 12.6. The van der Waals surface area contributed by atoms with Gasteiger partial charge in [0.05, 0.1) is 4.90 Å². The fraction of sp³-hybridized carbons (Fsp3) is 0.462. The SMILES string of the molecule is NCC1CCCCN1S(=O)(=O)c1cccc(C(N)=O)c1. The van der Waals surface area contributed by atoms with Crippen LogP contribution in [0.15, 0.2) is 29.2 Å². The van der Waals surface area contributed by atoms with Crippen LogP contribution in [0.5, 0.6) is 0 Å². The lowest BCUT2D eigenvalue weighted by Crippen LogP contribution is -2.47. The van der Waals surface area contributed by atoms with Gasteiger partial charge in [-0.3, -0.25) is 4.79 Å². The number of carbonyl (C=O) groups is 1. The van der Waals surface area contributed by atoms with Gasteiger partial charge in [-0.15, -0.1) is 0 Å². The first kappa shape index (κ1) is 15.0. The molecule has 0 saturated carbocycles. The van der Waals surface area contributed by atoms with Crippen molar-refractivity contribution in [1.29, 1.82) is 0 Å². The summed E-state index contributed by atoms with van der Waals surface area (Å²) in [5.74, 6) is -0.643. The van der Waals surface area contributed by atoms with Gasteiger partial charge in [0, 0.05) is 24.7 Å². The van der Waals surface area contributed by atoms with E-state index >= 15 is 0 Å². The van der Waals surface area contributed by atoms with E-state index in [9.17, 15) is 13.2 Å². The first-order valence-electron chi connectivity index (χ1n) is 6.58. The molecule has 4 N–H and O–H groups in total. The lowest BCUT2D eigenvalue weighted by molar-refractivity contribution is 0.1000. The Morgan fingerprint density at radius 3 is 2.75 bits per heavy atom. The van der Waals surface area contributed by atoms with Crippen LogP contribution in [0.1, 0.15) is 29.6 Å². The zero-order chi connectivity index (χ0) is 14.8. The number of carbonyl (C=O) groups excluding carboxylic acids is 1. The van der Waals surface area contributed by atoms with Crippen molar-refractivity contribution in [3.63, 3.8) is 0 Å². The molecule has 0 radical (unpaired) electrons. The van der Waals surface area contributed by atoms with Gasteiger partial charge in [-0.2, -0.15) is 4.31 Å². The zero-order valence-electron chi connectivity index (χ0n) is 11.2. The largest absolute Gasteiger partial charge is 0.366 e. The van der Waals surface area contributed by atoms with E-state index in [2.05, 4.69) is 0 Å². The highest BCUT2D eigenvalue weighted by Crippen LogP contribution is 2.25. The van der Waals surface area contributed by atoms with Crippen LogP contribution in [0.3, 0.4) is 0 Å². The topological polar surface area (TPSA) is 106 Å². The van der Waals surface area contributed by atoms with E-state index in [0.29, 0.717) is 13.1 Å². The molecule has 6 nitrogen and oxygen atoms in total. The lowest BCUT2D eigenvalue weighted by atomic mass is 10.1. The Bertz CT molecular complexity index is 601. The third-order valence-corrected chi connectivity index (χ3v) is 5.52. The molecular formula is C13H19N3O3S. The van der Waals surface area contributed by atoms with E-state index in [1.165, 1.54) is 28.6 Å². The van der Waals surface area contributed by atoms with Crippen molar-refractivity contribution in [1.82, 2.24) is 4.31 Å². The molecule has 1 heterocycles. The average Bonchev–Trinajstić information content (AvgIpc) is 2.47. The minimum atomic E-state index is -3.63. The number of nitrogens with zero attached hydrogens (tertiary/aromatic N) is 1. The number of hydrogen-bond donors (Lipinski definition) is 2. The van der Waals surface area contributed by atoms with Gasteiger partial charge in [0.25, 0.3) is 0 Å². The maximum atomic E-state index is 12.6. The molecule has 0 aliphatic carbocycles. The van der Waals surface area contributed by atoms with Gasteiger partial charge in [-0.1, -0.05) is 12.5 Å². The number of benzene rings is 1. The number of hydrogen-bond acceptors (Lipinski definition) is 4. The standard InChI is InChI=1S/C13H19N3O3S/c14-9-11-5-1-2-7-16(11)20(18,19)12-6-3-4-10(8-12)13(15)17/h3-4,6,8,11H,1-2,5,7,9,14H2,(H2,15,17). The van der Waals surface area contributed by atoms with Crippen LogP contribution in [0.4, 0.5) is 0 Å². The first-order valence-corrected chi connectivity index (χ1v) is 8.02. The Hall–Kier alpha value is -1.44. The highest BCUT2D eigenvalue weighted by molar-refractivity contribution is 7.89. The summed E-state index contributed by atoms with van der Waals surface area (Å²) < 4.78 is 26.7. The summed E-state index contributed by atoms with van der Waals surface area (Å²) >= 11 is 0. The summed E-state index contributed by atoms with van der Waals surface area (Å²) in [5, 5.41) is 0. The Morgan fingerprint density at radius 1 is 1.35 bits per heavy atom. The summed E-state index contributed by atoms with van der Waals surface area (Å²) in [6.07, 6.45) is 2.58. The van der Waals surface area contributed by atoms with E-state index in [1.807, 2.05) is 0 Å². The highest BCUT2D eigenvalue weighted by atomic mass is 32.2.